The number of hydrogen-bond acceptors (Lipinski definition) is 1. The molecule has 0 fully saturated rings. The first-order chi connectivity index (χ1) is 4.27. The second kappa shape index (κ2) is 22.4. The van der Waals surface area contributed by atoms with Crippen molar-refractivity contribution in [3.63, 3.8) is 0 Å². The van der Waals surface area contributed by atoms with Gasteiger partial charge in [-0.15, -0.1) is 0 Å². The van der Waals surface area contributed by atoms with Gasteiger partial charge in [0.05, 0.1) is 0 Å². The average molecular weight is 974 g/mol. The van der Waals surface area contributed by atoms with Gasteiger partial charge in [0.25, 0.3) is 0 Å². The Kier molecular flexibility index (Phi) is 44.7. The summed E-state index contributed by atoms with van der Waals surface area (Å²) in [6.45, 7) is 1.49. The van der Waals surface area contributed by atoms with E-state index in [0.29, 0.717) is 0 Å². The molecule has 0 aliphatic heterocycles. The van der Waals surface area contributed by atoms with Gasteiger partial charge in [0.2, 0.25) is 0 Å². The maximum absolute atomic E-state index is 9.72. The molecule has 0 amide bonds. The van der Waals surface area contributed by atoms with Crippen LogP contribution in [0.15, 0.2) is 0 Å². The van der Waals surface area contributed by atoms with E-state index in [1.54, 1.807) is 64.9 Å². The van der Waals surface area contributed by atoms with E-state index in [2.05, 4.69) is 4.40 Å². The zero-order valence-corrected chi connectivity index (χ0v) is 19.1. The maximum atomic E-state index is 9.72. The topological polar surface area (TPSA) is 17.1 Å². The summed E-state index contributed by atoms with van der Waals surface area (Å²) < 4.78 is 2.47. The van der Waals surface area contributed by atoms with E-state index in [9.17, 15) is 4.79 Å². The van der Waals surface area contributed by atoms with Crippen molar-refractivity contribution in [1.29, 1.82) is 0 Å². The zero-order chi connectivity index (χ0) is 8.28. The fraction of sp³-hybridized carbons (Fsp3) is 0.333. The Hall–Kier alpha value is 2.98. The van der Waals surface area contributed by atoms with Crippen molar-refractivity contribution in [2.45, 2.75) is 6.92 Å². The summed E-state index contributed by atoms with van der Waals surface area (Å²) in [4.78, 5) is 9.72. The molecule has 0 rings (SSSR count). The predicted molar refractivity (Wildman–Crippen MR) is 15.7 cm³/mol. The molecule has 0 radical (unpaired) electrons. The first-order valence-corrected chi connectivity index (χ1v) is 25.0. The predicted octanol–water partition coefficient (Wildman–Crippen LogP) is -0.209. The van der Waals surface area contributed by atoms with Crippen molar-refractivity contribution in [2.75, 3.05) is 0 Å². The molecular weight excluding hydrogens is 971 g/mol. The zero-order valence-electron chi connectivity index (χ0n) is 4.45. The normalized spacial score (nSPS) is 4.56. The Labute approximate surface area is 104 Å². The van der Waals surface area contributed by atoms with Crippen molar-refractivity contribution in [1.82, 2.24) is 0 Å². The molecule has 9 heavy (non-hydrogen) atoms. The molecule has 6 heteroatoms. The molecular formula is C3H3OW5-. The van der Waals surface area contributed by atoms with E-state index in [1.165, 1.54) is 6.92 Å². The molecule has 0 N–H and O–H groups in total. The van der Waals surface area contributed by atoms with Gasteiger partial charge in [-0.25, -0.2) is 0 Å². The van der Waals surface area contributed by atoms with Gasteiger partial charge >= 0.3 is 106 Å². The van der Waals surface area contributed by atoms with E-state index in [4.69, 9.17) is 0 Å². The van der Waals surface area contributed by atoms with E-state index in [-0.39, 0.29) is 5.78 Å². The quantitative estimate of drug-likeness (QED) is 0.334. The molecule has 52 valence electrons. The fourth-order valence-corrected chi connectivity index (χ4v) is 0. The number of hydrogen-bond donors (Lipinski definition) is 0. The molecule has 0 atom stereocenters. The summed E-state index contributed by atoms with van der Waals surface area (Å²) >= 11 is 7.77. The molecule has 0 spiro atoms. The van der Waals surface area contributed by atoms with E-state index < -0.39 is 0 Å². The van der Waals surface area contributed by atoms with Crippen LogP contribution >= 0.6 is 0 Å². The summed E-state index contributed by atoms with van der Waals surface area (Å²) in [5.41, 5.74) is 0. The molecule has 0 aliphatic carbocycles. The molecule has 0 bridgehead atoms. The fourth-order valence-electron chi connectivity index (χ4n) is 0. The molecule has 0 saturated carbocycles. The van der Waals surface area contributed by atoms with Crippen molar-refractivity contribution >= 4 is 10.2 Å². The Balaban J connectivity index is -0.0000000771. The third kappa shape index (κ3) is 35.7. The first kappa shape index (κ1) is 17.9. The minimum absolute atomic E-state index is 0.0417. The van der Waals surface area contributed by atoms with E-state index >= 15 is 0 Å². The average Bonchev–Trinajstić information content (AvgIpc) is 1.97. The van der Waals surface area contributed by atoms with Gasteiger partial charge in [-0.1, -0.05) is 0 Å². The summed E-state index contributed by atoms with van der Waals surface area (Å²) in [7, 11) is 0. The Bertz CT molecular complexity index is 80.3. The van der Waals surface area contributed by atoms with Gasteiger partial charge in [0, 0.05) is 0 Å². The third-order valence-electron chi connectivity index (χ3n) is 0.144. The number of rotatable bonds is 1. The van der Waals surface area contributed by atoms with Crippen LogP contribution in [0.1, 0.15) is 6.92 Å². The SMILES string of the molecule is CC(=O)[C-]=[W].[W]=[W].[W]=[W]. The standard InChI is InChI=1S/C3H3O.5W/c1-3(2)4;;;;;/h1H3;;;;;/q-1;;;;;. The number of carbonyl (C=O) groups is 1. The minimum atomic E-state index is 0.0417. The number of ketones is 1. The molecule has 0 aromatic heterocycles. The van der Waals surface area contributed by atoms with Crippen molar-refractivity contribution in [2.24, 2.45) is 0 Å². The van der Waals surface area contributed by atoms with Crippen LogP contribution in [0.2, 0.25) is 0 Å². The molecule has 0 saturated heterocycles. The molecule has 0 heterocycles. The summed E-state index contributed by atoms with van der Waals surface area (Å²) in [6.07, 6.45) is 0. The summed E-state index contributed by atoms with van der Waals surface area (Å²) in [5.74, 6) is 0.0417. The molecule has 0 aromatic carbocycles. The van der Waals surface area contributed by atoms with Gasteiger partial charge in [-0.2, -0.15) is 0 Å². The van der Waals surface area contributed by atoms with Gasteiger partial charge in [0.1, 0.15) is 0 Å². The Morgan fingerprint density at radius 1 is 1.22 bits per heavy atom. The van der Waals surface area contributed by atoms with Crippen molar-refractivity contribution in [3.8, 4) is 0 Å². The second-order valence-corrected chi connectivity index (χ2v) is 1.39. The van der Waals surface area contributed by atoms with Crippen molar-refractivity contribution in [3.05, 3.63) is 0 Å². The Morgan fingerprint density at radius 2 is 1.33 bits per heavy atom. The van der Waals surface area contributed by atoms with E-state index in [0.717, 1.165) is 19.4 Å². The first-order valence-electron chi connectivity index (χ1n) is 1.49. The van der Waals surface area contributed by atoms with Gasteiger partial charge in [-0.3, -0.25) is 0 Å². The number of carbonyl (C=O) groups excluding carboxylic acids is 1. The second-order valence-electron chi connectivity index (χ2n) is 0.658. The van der Waals surface area contributed by atoms with Crippen LogP contribution in [0.25, 0.3) is 0 Å². The summed E-state index contributed by atoms with van der Waals surface area (Å²) in [6, 6.07) is 0. The Morgan fingerprint density at radius 3 is 1.33 bits per heavy atom. The van der Waals surface area contributed by atoms with Crippen LogP contribution in [-0.4, -0.2) is 10.2 Å². The third-order valence-corrected chi connectivity index (χ3v) is 1.18. The van der Waals surface area contributed by atoms with Crippen LogP contribution in [-0.2, 0) is 89.0 Å². The van der Waals surface area contributed by atoms with Crippen LogP contribution in [0.5, 0.6) is 0 Å². The van der Waals surface area contributed by atoms with Gasteiger partial charge < -0.3 is 0 Å². The van der Waals surface area contributed by atoms with E-state index in [1.807, 2.05) is 0 Å². The van der Waals surface area contributed by atoms with Crippen molar-refractivity contribution < 1.29 is 89.0 Å². The number of Topliss-reactive ketones (excluding diaryl/α,β-unsaturated/α-hetero) is 1. The summed E-state index contributed by atoms with van der Waals surface area (Å²) in [5, 5.41) is 0. The molecule has 0 aromatic rings. The van der Waals surface area contributed by atoms with Gasteiger partial charge in [0.15, 0.2) is 0 Å². The molecule has 0 aliphatic rings. The van der Waals surface area contributed by atoms with Crippen LogP contribution in [0.3, 0.4) is 0 Å². The van der Waals surface area contributed by atoms with Crippen LogP contribution in [0.4, 0.5) is 0 Å². The van der Waals surface area contributed by atoms with Gasteiger partial charge in [-0.05, 0) is 0 Å². The molecule has 0 unspecified atom stereocenters. The monoisotopic (exact) mass is 975 g/mol. The molecule has 1 nitrogen and oxygen atoms in total. The van der Waals surface area contributed by atoms with Crippen LogP contribution < -0.4 is 0 Å². The van der Waals surface area contributed by atoms with Crippen LogP contribution in [0, 0.1) is 0 Å².